The Morgan fingerprint density at radius 1 is 1.25 bits per heavy atom. The topological polar surface area (TPSA) is 37.8 Å². The van der Waals surface area contributed by atoms with Crippen LogP contribution in [0.4, 0.5) is 10.2 Å². The summed E-state index contributed by atoms with van der Waals surface area (Å²) in [6, 6.07) is 4.61. The van der Waals surface area contributed by atoms with Gasteiger partial charge in [0.2, 0.25) is 0 Å². The van der Waals surface area contributed by atoms with Crippen molar-refractivity contribution in [2.24, 2.45) is 0 Å². The lowest BCUT2D eigenvalue weighted by Crippen LogP contribution is -2.07. The molecule has 5 heteroatoms. The van der Waals surface area contributed by atoms with Crippen LogP contribution in [0.25, 0.3) is 11.3 Å². The zero-order chi connectivity index (χ0) is 14.9. The highest BCUT2D eigenvalue weighted by Crippen LogP contribution is 2.30. The Labute approximate surface area is 123 Å². The van der Waals surface area contributed by atoms with E-state index in [-0.39, 0.29) is 11.7 Å². The van der Waals surface area contributed by atoms with Gasteiger partial charge in [0, 0.05) is 29.1 Å². The molecule has 106 valence electrons. The van der Waals surface area contributed by atoms with E-state index in [1.807, 2.05) is 20.8 Å². The molecule has 1 aromatic heterocycles. The highest BCUT2D eigenvalue weighted by Gasteiger charge is 2.16. The maximum Gasteiger partial charge on any atom is 0.134 e. The van der Waals surface area contributed by atoms with E-state index >= 15 is 0 Å². The van der Waals surface area contributed by atoms with Gasteiger partial charge in [-0.1, -0.05) is 25.4 Å². The van der Waals surface area contributed by atoms with Crippen molar-refractivity contribution in [3.8, 4) is 11.3 Å². The first-order chi connectivity index (χ1) is 9.43. The molecule has 0 unspecified atom stereocenters. The van der Waals surface area contributed by atoms with Crippen LogP contribution in [0.1, 0.15) is 31.2 Å². The van der Waals surface area contributed by atoms with Crippen molar-refractivity contribution in [3.05, 3.63) is 40.4 Å². The van der Waals surface area contributed by atoms with E-state index in [4.69, 9.17) is 11.6 Å². The summed E-state index contributed by atoms with van der Waals surface area (Å²) in [5.74, 6) is 1.19. The Kier molecular flexibility index (Phi) is 4.23. The second-order valence-corrected chi connectivity index (χ2v) is 5.37. The van der Waals surface area contributed by atoms with Gasteiger partial charge in [-0.2, -0.15) is 0 Å². The van der Waals surface area contributed by atoms with Gasteiger partial charge in [-0.05, 0) is 25.1 Å². The van der Waals surface area contributed by atoms with E-state index in [0.29, 0.717) is 27.9 Å². The largest absolute Gasteiger partial charge is 0.373 e. The highest BCUT2D eigenvalue weighted by molar-refractivity contribution is 6.30. The van der Waals surface area contributed by atoms with Gasteiger partial charge in [-0.15, -0.1) is 0 Å². The lowest BCUT2D eigenvalue weighted by Gasteiger charge is -2.14. The van der Waals surface area contributed by atoms with Crippen molar-refractivity contribution in [1.29, 1.82) is 0 Å². The van der Waals surface area contributed by atoms with Gasteiger partial charge < -0.3 is 5.32 Å². The van der Waals surface area contributed by atoms with Crippen LogP contribution >= 0.6 is 11.6 Å². The number of anilines is 1. The van der Waals surface area contributed by atoms with Crippen molar-refractivity contribution in [3.63, 3.8) is 0 Å². The molecule has 0 saturated carbocycles. The molecule has 1 N–H and O–H groups in total. The van der Waals surface area contributed by atoms with Crippen LogP contribution in [0.3, 0.4) is 0 Å². The number of rotatable bonds is 3. The third-order valence-corrected chi connectivity index (χ3v) is 3.34. The summed E-state index contributed by atoms with van der Waals surface area (Å²) in [4.78, 5) is 8.96. The van der Waals surface area contributed by atoms with Gasteiger partial charge in [0.05, 0.1) is 5.69 Å². The van der Waals surface area contributed by atoms with E-state index in [1.165, 1.54) is 6.07 Å². The van der Waals surface area contributed by atoms with Gasteiger partial charge in [0.1, 0.15) is 17.5 Å². The van der Waals surface area contributed by atoms with Gasteiger partial charge >= 0.3 is 0 Å². The summed E-state index contributed by atoms with van der Waals surface area (Å²) < 4.78 is 14.1. The third-order valence-electron chi connectivity index (χ3n) is 3.10. The zero-order valence-electron chi connectivity index (χ0n) is 12.0. The number of nitrogens with one attached hydrogen (secondary N) is 1. The molecule has 1 heterocycles. The fraction of sp³-hybridized carbons (Fsp3) is 0.333. The zero-order valence-corrected chi connectivity index (χ0v) is 12.7. The van der Waals surface area contributed by atoms with Crippen molar-refractivity contribution in [1.82, 2.24) is 9.97 Å². The fourth-order valence-electron chi connectivity index (χ4n) is 1.98. The molecule has 0 atom stereocenters. The predicted molar refractivity (Wildman–Crippen MR) is 80.8 cm³/mol. The van der Waals surface area contributed by atoms with E-state index in [2.05, 4.69) is 15.3 Å². The maximum absolute atomic E-state index is 14.1. The summed E-state index contributed by atoms with van der Waals surface area (Å²) >= 11 is 5.80. The first-order valence-corrected chi connectivity index (χ1v) is 6.83. The SMILES string of the molecule is CNc1nc(C(C)C)nc(-c2ccc(Cl)cc2F)c1C. The highest BCUT2D eigenvalue weighted by atomic mass is 35.5. The van der Waals surface area contributed by atoms with Gasteiger partial charge in [0.25, 0.3) is 0 Å². The molecular formula is C15H17ClFN3. The number of benzene rings is 1. The van der Waals surface area contributed by atoms with Gasteiger partial charge in [-0.25, -0.2) is 14.4 Å². The normalized spacial score (nSPS) is 10.9. The number of nitrogens with zero attached hydrogens (tertiary/aromatic N) is 2. The smallest absolute Gasteiger partial charge is 0.134 e. The van der Waals surface area contributed by atoms with Crippen LogP contribution in [0.5, 0.6) is 0 Å². The first-order valence-electron chi connectivity index (χ1n) is 6.45. The van der Waals surface area contributed by atoms with Crippen molar-refractivity contribution in [2.45, 2.75) is 26.7 Å². The molecule has 2 aromatic rings. The summed E-state index contributed by atoms with van der Waals surface area (Å²) in [6.45, 7) is 5.89. The van der Waals surface area contributed by atoms with Crippen LogP contribution < -0.4 is 5.32 Å². The monoisotopic (exact) mass is 293 g/mol. The van der Waals surface area contributed by atoms with Crippen LogP contribution in [0.2, 0.25) is 5.02 Å². The number of halogens is 2. The minimum absolute atomic E-state index is 0.164. The van der Waals surface area contributed by atoms with E-state index < -0.39 is 0 Å². The lowest BCUT2D eigenvalue weighted by molar-refractivity contribution is 0.630. The minimum Gasteiger partial charge on any atom is -0.373 e. The number of hydrogen-bond acceptors (Lipinski definition) is 3. The molecule has 0 amide bonds. The molecule has 0 spiro atoms. The average Bonchev–Trinajstić information content (AvgIpc) is 2.39. The van der Waals surface area contributed by atoms with Crippen molar-refractivity contribution < 1.29 is 4.39 Å². The Hall–Kier alpha value is -1.68. The van der Waals surface area contributed by atoms with Crippen molar-refractivity contribution in [2.75, 3.05) is 12.4 Å². The van der Waals surface area contributed by atoms with Gasteiger partial charge in [0.15, 0.2) is 0 Å². The Morgan fingerprint density at radius 2 is 1.95 bits per heavy atom. The molecule has 20 heavy (non-hydrogen) atoms. The summed E-state index contributed by atoms with van der Waals surface area (Å²) in [5, 5.41) is 3.40. The molecular weight excluding hydrogens is 277 g/mol. The Balaban J connectivity index is 2.68. The van der Waals surface area contributed by atoms with Crippen LogP contribution in [0, 0.1) is 12.7 Å². The summed E-state index contributed by atoms with van der Waals surface area (Å²) in [5.41, 5.74) is 1.85. The van der Waals surface area contributed by atoms with E-state index in [0.717, 1.165) is 5.56 Å². The molecule has 0 radical (unpaired) electrons. The second-order valence-electron chi connectivity index (χ2n) is 4.93. The lowest BCUT2D eigenvalue weighted by atomic mass is 10.1. The quantitative estimate of drug-likeness (QED) is 0.911. The molecule has 1 aromatic carbocycles. The van der Waals surface area contributed by atoms with Crippen molar-refractivity contribution >= 4 is 17.4 Å². The molecule has 3 nitrogen and oxygen atoms in total. The minimum atomic E-state index is -0.379. The molecule has 0 aliphatic heterocycles. The Morgan fingerprint density at radius 3 is 2.50 bits per heavy atom. The summed E-state index contributed by atoms with van der Waals surface area (Å²) in [7, 11) is 1.79. The molecule has 0 aliphatic rings. The molecule has 2 rings (SSSR count). The fourth-order valence-corrected chi connectivity index (χ4v) is 2.14. The van der Waals surface area contributed by atoms with Crippen LogP contribution in [-0.4, -0.2) is 17.0 Å². The first kappa shape index (κ1) is 14.7. The number of hydrogen-bond donors (Lipinski definition) is 1. The summed E-state index contributed by atoms with van der Waals surface area (Å²) in [6.07, 6.45) is 0. The molecule has 0 fully saturated rings. The van der Waals surface area contributed by atoms with E-state index in [9.17, 15) is 4.39 Å². The third kappa shape index (κ3) is 2.75. The standard InChI is InChI=1S/C15H17ClFN3/c1-8(2)14-19-13(9(3)15(18-4)20-14)11-6-5-10(16)7-12(11)17/h5-8H,1-4H3,(H,18,19,20). The molecule has 0 saturated heterocycles. The van der Waals surface area contributed by atoms with E-state index in [1.54, 1.807) is 19.2 Å². The van der Waals surface area contributed by atoms with Gasteiger partial charge in [-0.3, -0.25) is 0 Å². The van der Waals surface area contributed by atoms with Crippen LogP contribution in [0.15, 0.2) is 18.2 Å². The molecule has 0 bridgehead atoms. The Bertz CT molecular complexity index is 641. The van der Waals surface area contributed by atoms with Crippen LogP contribution in [-0.2, 0) is 0 Å². The second kappa shape index (κ2) is 5.75. The molecule has 0 aliphatic carbocycles. The predicted octanol–water partition coefficient (Wildman–Crippen LogP) is 4.41. The maximum atomic E-state index is 14.1. The number of aromatic nitrogens is 2. The average molecular weight is 294 g/mol.